The van der Waals surface area contributed by atoms with Gasteiger partial charge in [-0.3, -0.25) is 13.4 Å². The third-order valence-electron chi connectivity index (χ3n) is 6.05. The van der Waals surface area contributed by atoms with Crippen molar-refractivity contribution >= 4 is 34.1 Å². The van der Waals surface area contributed by atoms with Crippen molar-refractivity contribution in [2.24, 2.45) is 5.92 Å². The molecule has 0 saturated carbocycles. The minimum Gasteiger partial charge on any atom is -0.444 e. The number of ether oxygens (including phenoxy) is 1. The number of halogens is 2. The Balaban J connectivity index is 1.45. The number of amides is 1. The van der Waals surface area contributed by atoms with Crippen LogP contribution in [0.3, 0.4) is 0 Å². The summed E-state index contributed by atoms with van der Waals surface area (Å²) >= 11 is 0. The summed E-state index contributed by atoms with van der Waals surface area (Å²) in [6.45, 7) is 7.02. The number of nitrogens with zero attached hydrogens (tertiary/aromatic N) is 3. The topological polar surface area (TPSA) is 76.5 Å². The number of hydrogen-bond acceptors (Lipinski definition) is 6. The molecule has 2 heterocycles. The van der Waals surface area contributed by atoms with Gasteiger partial charge >= 0.3 is 6.09 Å². The maximum Gasteiger partial charge on any atom is 0.410 e. The van der Waals surface area contributed by atoms with Crippen LogP contribution in [-0.2, 0) is 4.74 Å². The zero-order chi connectivity index (χ0) is 24.7. The first kappa shape index (κ1) is 24.6. The molecule has 0 unspecified atom stereocenters. The molecular formula is C24H31F2N3O4S. The molecule has 2 N–H and O–H groups in total. The van der Waals surface area contributed by atoms with Crippen LogP contribution in [0.15, 0.2) is 42.5 Å². The summed E-state index contributed by atoms with van der Waals surface area (Å²) in [6, 6.07) is 10.0. The van der Waals surface area contributed by atoms with Crippen LogP contribution in [0.25, 0.3) is 0 Å². The van der Waals surface area contributed by atoms with E-state index in [1.54, 1.807) is 29.2 Å². The van der Waals surface area contributed by atoms with Crippen molar-refractivity contribution in [3.63, 3.8) is 0 Å². The number of likely N-dealkylation sites (tertiary alicyclic amines) is 1. The first-order valence-corrected chi connectivity index (χ1v) is 12.8. The fraction of sp³-hybridized carbons (Fsp3) is 0.458. The normalized spacial score (nSPS) is 19.2. The second kappa shape index (κ2) is 9.24. The first-order valence-electron chi connectivity index (χ1n) is 11.4. The van der Waals surface area contributed by atoms with E-state index in [9.17, 15) is 22.7 Å². The van der Waals surface area contributed by atoms with E-state index in [-0.39, 0.29) is 17.7 Å². The van der Waals surface area contributed by atoms with Gasteiger partial charge in [-0.2, -0.15) is 0 Å². The van der Waals surface area contributed by atoms with E-state index in [1.165, 1.54) is 10.4 Å². The highest BCUT2D eigenvalue weighted by Gasteiger charge is 2.42. The molecule has 34 heavy (non-hydrogen) atoms. The molecule has 2 aromatic rings. The molecule has 4 rings (SSSR count). The Hall–Kier alpha value is -2.56. The van der Waals surface area contributed by atoms with E-state index in [2.05, 4.69) is 0 Å². The Kier molecular flexibility index (Phi) is 6.67. The quantitative estimate of drug-likeness (QED) is 0.502. The van der Waals surface area contributed by atoms with Crippen molar-refractivity contribution < 1.29 is 27.4 Å². The van der Waals surface area contributed by atoms with Crippen molar-refractivity contribution in [2.45, 2.75) is 45.6 Å². The molecular weight excluding hydrogens is 464 g/mol. The minimum absolute atomic E-state index is 0.0954. The van der Waals surface area contributed by atoms with Crippen molar-refractivity contribution in [2.75, 3.05) is 28.2 Å². The summed E-state index contributed by atoms with van der Waals surface area (Å²) in [4.78, 5) is 14.0. The summed E-state index contributed by atoms with van der Waals surface area (Å²) < 4.78 is 58.6. The molecule has 1 saturated heterocycles. The lowest BCUT2D eigenvalue weighted by Crippen LogP contribution is -2.42. The Bertz CT molecular complexity index is 1050. The summed E-state index contributed by atoms with van der Waals surface area (Å²) in [5.74, 6) is -1.32. The fourth-order valence-electron chi connectivity index (χ4n) is 4.39. The average molecular weight is 496 g/mol. The minimum atomic E-state index is -3.60. The summed E-state index contributed by atoms with van der Waals surface area (Å²) in [5, 5.41) is 0. The zero-order valence-corrected chi connectivity index (χ0v) is 20.4. The van der Waals surface area contributed by atoms with Crippen LogP contribution in [0.4, 0.5) is 30.6 Å². The van der Waals surface area contributed by atoms with E-state index < -0.39 is 28.2 Å². The van der Waals surface area contributed by atoms with Crippen molar-refractivity contribution in [3.8, 4) is 0 Å². The number of carbonyl (C=O) groups is 1. The van der Waals surface area contributed by atoms with E-state index in [1.807, 2.05) is 20.8 Å². The van der Waals surface area contributed by atoms with E-state index in [0.717, 1.165) is 29.3 Å². The molecule has 0 spiro atoms. The molecule has 2 aliphatic heterocycles. The second-order valence-electron chi connectivity index (χ2n) is 9.67. The standard InChI is InChI=1S/C24H31F2N3O4S/c1-24(2,3)33-23(30)27-13-10-17(11-14-27)12-15-28-21-6-4-5-7-22(21)29(34(28,31)32)20-9-8-18(25)16-19(20)26/h4-9,16-17,31-32H,10-15H2,1-3H3. The van der Waals surface area contributed by atoms with Crippen LogP contribution in [0.1, 0.15) is 40.0 Å². The molecule has 186 valence electrons. The second-order valence-corrected chi connectivity index (χ2v) is 11.5. The van der Waals surface area contributed by atoms with Gasteiger partial charge in [0.05, 0.1) is 11.4 Å². The number of para-hydroxylation sites is 2. The Morgan fingerprint density at radius 3 is 2.32 bits per heavy atom. The molecule has 7 nitrogen and oxygen atoms in total. The van der Waals surface area contributed by atoms with Gasteiger partial charge in [0.1, 0.15) is 17.1 Å². The molecule has 0 aliphatic carbocycles. The predicted octanol–water partition coefficient (Wildman–Crippen LogP) is 6.54. The monoisotopic (exact) mass is 495 g/mol. The maximum absolute atomic E-state index is 14.6. The summed E-state index contributed by atoms with van der Waals surface area (Å²) in [7, 11) is -3.60. The highest BCUT2D eigenvalue weighted by Crippen LogP contribution is 2.64. The van der Waals surface area contributed by atoms with Gasteiger partial charge in [0.15, 0.2) is 5.82 Å². The summed E-state index contributed by atoms with van der Waals surface area (Å²) in [6.07, 6.45) is 1.92. The van der Waals surface area contributed by atoms with Gasteiger partial charge in [0.2, 0.25) is 0 Å². The molecule has 1 fully saturated rings. The highest BCUT2D eigenvalue weighted by atomic mass is 32.3. The van der Waals surface area contributed by atoms with Crippen LogP contribution in [0.5, 0.6) is 0 Å². The largest absolute Gasteiger partial charge is 0.444 e. The van der Waals surface area contributed by atoms with Crippen LogP contribution in [0.2, 0.25) is 0 Å². The first-order chi connectivity index (χ1) is 16.0. The third kappa shape index (κ3) is 4.94. The van der Waals surface area contributed by atoms with Gasteiger partial charge in [0, 0.05) is 25.7 Å². The smallest absolute Gasteiger partial charge is 0.410 e. The fourth-order valence-corrected chi connectivity index (χ4v) is 6.19. The molecule has 0 radical (unpaired) electrons. The number of fused-ring (bicyclic) bond motifs is 1. The van der Waals surface area contributed by atoms with Crippen LogP contribution in [-0.4, -0.2) is 45.3 Å². The number of piperidine rings is 1. The summed E-state index contributed by atoms with van der Waals surface area (Å²) in [5.41, 5.74) is 0.397. The molecule has 0 atom stereocenters. The van der Waals surface area contributed by atoms with Crippen LogP contribution < -0.4 is 8.61 Å². The molecule has 10 heteroatoms. The maximum atomic E-state index is 14.6. The van der Waals surface area contributed by atoms with Gasteiger partial charge in [-0.05, 0) is 81.2 Å². The number of rotatable bonds is 4. The van der Waals surface area contributed by atoms with E-state index in [0.29, 0.717) is 37.4 Å². The van der Waals surface area contributed by atoms with Gasteiger partial charge in [-0.1, -0.05) is 12.1 Å². The number of carbonyl (C=O) groups excluding carboxylic acids is 1. The van der Waals surface area contributed by atoms with Crippen molar-refractivity contribution in [1.29, 1.82) is 0 Å². The Morgan fingerprint density at radius 2 is 1.71 bits per heavy atom. The lowest BCUT2D eigenvalue weighted by molar-refractivity contribution is 0.0182. The molecule has 1 amide bonds. The predicted molar refractivity (Wildman–Crippen MR) is 130 cm³/mol. The van der Waals surface area contributed by atoms with Gasteiger partial charge in [-0.25, -0.2) is 17.9 Å². The number of benzene rings is 2. The van der Waals surface area contributed by atoms with Crippen molar-refractivity contribution in [3.05, 3.63) is 54.1 Å². The van der Waals surface area contributed by atoms with Crippen molar-refractivity contribution in [1.82, 2.24) is 4.90 Å². The SMILES string of the molecule is CC(C)(C)OC(=O)N1CCC(CCN2c3ccccc3N(c3ccc(F)cc3F)S2(O)O)CC1. The molecule has 0 aromatic heterocycles. The highest BCUT2D eigenvalue weighted by molar-refractivity contribution is 8.27. The van der Waals surface area contributed by atoms with Gasteiger partial charge in [0.25, 0.3) is 0 Å². The van der Waals surface area contributed by atoms with Gasteiger partial charge < -0.3 is 9.64 Å². The Morgan fingerprint density at radius 1 is 1.06 bits per heavy atom. The lowest BCUT2D eigenvalue weighted by atomic mass is 9.93. The zero-order valence-electron chi connectivity index (χ0n) is 19.6. The molecule has 0 bridgehead atoms. The molecule has 2 aromatic carbocycles. The van der Waals surface area contributed by atoms with E-state index in [4.69, 9.17) is 4.74 Å². The molecule has 2 aliphatic rings. The van der Waals surface area contributed by atoms with Crippen LogP contribution in [0, 0.1) is 17.6 Å². The Labute approximate surface area is 200 Å². The number of anilines is 3. The van der Waals surface area contributed by atoms with E-state index >= 15 is 0 Å². The average Bonchev–Trinajstić information content (AvgIpc) is 2.97. The van der Waals surface area contributed by atoms with Crippen LogP contribution >= 0.6 is 11.0 Å². The third-order valence-corrected chi connectivity index (χ3v) is 7.90. The lowest BCUT2D eigenvalue weighted by Gasteiger charge is -2.44. The number of hydrogen-bond donors (Lipinski definition) is 2. The van der Waals surface area contributed by atoms with Gasteiger partial charge in [-0.15, -0.1) is 0 Å².